The third kappa shape index (κ3) is 3.51. The molecule has 0 bridgehead atoms. The number of phenolic OH excluding ortho intramolecular Hbond substituents is 1. The van der Waals surface area contributed by atoms with Crippen LogP contribution in [0.4, 0.5) is 0 Å². The number of rotatable bonds is 4. The molecule has 1 N–H and O–H groups in total. The fourth-order valence-corrected chi connectivity index (χ4v) is 2.56. The average molecular weight is 274 g/mol. The summed E-state index contributed by atoms with van der Waals surface area (Å²) >= 11 is 1.61. The Bertz CT molecular complexity index is 564. The molecule has 0 spiro atoms. The van der Waals surface area contributed by atoms with Crippen molar-refractivity contribution in [1.29, 1.82) is 0 Å². The molecule has 0 atom stereocenters. The standard InChI is InChI=1S/C15H14O3S/c1-18-15(17)14-5-3-2-4-11(14)10-19-13-8-6-12(16)7-9-13/h2-9,16H,10H2,1H3. The molecule has 0 unspecified atom stereocenters. The maximum atomic E-state index is 11.6. The van der Waals surface area contributed by atoms with Crippen LogP contribution in [-0.4, -0.2) is 18.2 Å². The van der Waals surface area contributed by atoms with Gasteiger partial charge in [-0.1, -0.05) is 18.2 Å². The predicted octanol–water partition coefficient (Wildman–Crippen LogP) is 3.47. The van der Waals surface area contributed by atoms with Crippen LogP contribution in [0.5, 0.6) is 5.75 Å². The number of benzene rings is 2. The van der Waals surface area contributed by atoms with Crippen LogP contribution in [0.15, 0.2) is 53.4 Å². The first kappa shape index (κ1) is 13.5. The summed E-state index contributed by atoms with van der Waals surface area (Å²) in [4.78, 5) is 12.7. The molecule has 0 aromatic heterocycles. The number of carbonyl (C=O) groups is 1. The zero-order chi connectivity index (χ0) is 13.7. The Morgan fingerprint density at radius 2 is 1.84 bits per heavy atom. The fourth-order valence-electron chi connectivity index (χ4n) is 1.66. The molecule has 19 heavy (non-hydrogen) atoms. The summed E-state index contributed by atoms with van der Waals surface area (Å²) < 4.78 is 4.76. The van der Waals surface area contributed by atoms with Gasteiger partial charge in [0.1, 0.15) is 5.75 Å². The van der Waals surface area contributed by atoms with Gasteiger partial charge >= 0.3 is 5.97 Å². The molecule has 2 aromatic rings. The van der Waals surface area contributed by atoms with Crippen molar-refractivity contribution in [3.8, 4) is 5.75 Å². The minimum absolute atomic E-state index is 0.249. The van der Waals surface area contributed by atoms with E-state index < -0.39 is 0 Å². The van der Waals surface area contributed by atoms with Gasteiger partial charge in [0.2, 0.25) is 0 Å². The first-order valence-electron chi connectivity index (χ1n) is 5.79. The lowest BCUT2D eigenvalue weighted by Gasteiger charge is -2.07. The van der Waals surface area contributed by atoms with E-state index in [0.717, 1.165) is 10.5 Å². The normalized spacial score (nSPS) is 10.2. The van der Waals surface area contributed by atoms with Crippen LogP contribution >= 0.6 is 11.8 Å². The highest BCUT2D eigenvalue weighted by molar-refractivity contribution is 7.98. The molecule has 0 saturated heterocycles. The third-order valence-corrected chi connectivity index (χ3v) is 3.71. The van der Waals surface area contributed by atoms with Crippen LogP contribution in [0.25, 0.3) is 0 Å². The van der Waals surface area contributed by atoms with Gasteiger partial charge in [0, 0.05) is 10.6 Å². The van der Waals surface area contributed by atoms with E-state index in [9.17, 15) is 9.90 Å². The van der Waals surface area contributed by atoms with Gasteiger partial charge in [-0.15, -0.1) is 11.8 Å². The first-order valence-corrected chi connectivity index (χ1v) is 6.77. The van der Waals surface area contributed by atoms with Gasteiger partial charge in [0.25, 0.3) is 0 Å². The molecular formula is C15H14O3S. The Morgan fingerprint density at radius 3 is 2.53 bits per heavy atom. The molecule has 2 aromatic carbocycles. The van der Waals surface area contributed by atoms with Crippen molar-refractivity contribution in [2.45, 2.75) is 10.6 Å². The summed E-state index contributed by atoms with van der Waals surface area (Å²) in [6.07, 6.45) is 0. The van der Waals surface area contributed by atoms with Crippen LogP contribution in [0.3, 0.4) is 0 Å². The van der Waals surface area contributed by atoms with Crippen molar-refractivity contribution in [3.05, 3.63) is 59.7 Å². The number of hydrogen-bond donors (Lipinski definition) is 1. The number of hydrogen-bond acceptors (Lipinski definition) is 4. The number of aromatic hydroxyl groups is 1. The van der Waals surface area contributed by atoms with Crippen LogP contribution in [0.2, 0.25) is 0 Å². The summed E-state index contributed by atoms with van der Waals surface area (Å²) in [5, 5.41) is 9.22. The lowest BCUT2D eigenvalue weighted by molar-refractivity contribution is 0.0600. The second kappa shape index (κ2) is 6.29. The molecule has 98 valence electrons. The molecule has 0 saturated carbocycles. The second-order valence-corrected chi connectivity index (χ2v) is 4.98. The second-order valence-electron chi connectivity index (χ2n) is 3.93. The van der Waals surface area contributed by atoms with Gasteiger partial charge in [0.15, 0.2) is 0 Å². The number of carbonyl (C=O) groups excluding carboxylic acids is 1. The van der Waals surface area contributed by atoms with E-state index in [0.29, 0.717) is 11.3 Å². The fraction of sp³-hybridized carbons (Fsp3) is 0.133. The molecule has 0 radical (unpaired) electrons. The molecule has 0 amide bonds. The molecule has 0 aliphatic heterocycles. The van der Waals surface area contributed by atoms with Gasteiger partial charge in [0.05, 0.1) is 12.7 Å². The first-order chi connectivity index (χ1) is 9.20. The zero-order valence-corrected chi connectivity index (χ0v) is 11.3. The van der Waals surface area contributed by atoms with E-state index in [2.05, 4.69) is 0 Å². The highest BCUT2D eigenvalue weighted by Gasteiger charge is 2.10. The van der Waals surface area contributed by atoms with Gasteiger partial charge in [-0.3, -0.25) is 0 Å². The van der Waals surface area contributed by atoms with Crippen LogP contribution in [0.1, 0.15) is 15.9 Å². The van der Waals surface area contributed by atoms with E-state index in [4.69, 9.17) is 4.74 Å². The quantitative estimate of drug-likeness (QED) is 0.685. The maximum Gasteiger partial charge on any atom is 0.338 e. The summed E-state index contributed by atoms with van der Waals surface area (Å²) in [5.74, 6) is 0.608. The van der Waals surface area contributed by atoms with Crippen molar-refractivity contribution in [3.63, 3.8) is 0 Å². The average Bonchev–Trinajstić information content (AvgIpc) is 2.46. The van der Waals surface area contributed by atoms with Gasteiger partial charge in [-0.25, -0.2) is 4.79 Å². The number of phenols is 1. The zero-order valence-electron chi connectivity index (χ0n) is 10.5. The van der Waals surface area contributed by atoms with Crippen LogP contribution in [-0.2, 0) is 10.5 Å². The molecule has 3 nitrogen and oxygen atoms in total. The van der Waals surface area contributed by atoms with Crippen molar-refractivity contribution in [1.82, 2.24) is 0 Å². The molecule has 0 heterocycles. The van der Waals surface area contributed by atoms with Crippen molar-refractivity contribution in [2.75, 3.05) is 7.11 Å². The Kier molecular flexibility index (Phi) is 4.47. The Hall–Kier alpha value is -1.94. The van der Waals surface area contributed by atoms with E-state index in [-0.39, 0.29) is 11.7 Å². The number of methoxy groups -OCH3 is 1. The van der Waals surface area contributed by atoms with Crippen molar-refractivity contribution in [2.24, 2.45) is 0 Å². The van der Waals surface area contributed by atoms with E-state index in [1.165, 1.54) is 7.11 Å². The summed E-state index contributed by atoms with van der Waals surface area (Å²) in [5.41, 5.74) is 1.53. The number of ether oxygens (including phenoxy) is 1. The minimum Gasteiger partial charge on any atom is -0.508 e. The topological polar surface area (TPSA) is 46.5 Å². The minimum atomic E-state index is -0.318. The summed E-state index contributed by atoms with van der Waals surface area (Å²) in [6, 6.07) is 14.4. The van der Waals surface area contributed by atoms with Gasteiger partial charge in [-0.2, -0.15) is 0 Å². The van der Waals surface area contributed by atoms with E-state index in [1.807, 2.05) is 30.3 Å². The lowest BCUT2D eigenvalue weighted by atomic mass is 10.1. The molecule has 0 fully saturated rings. The van der Waals surface area contributed by atoms with Crippen molar-refractivity contribution < 1.29 is 14.6 Å². The molecule has 0 aliphatic carbocycles. The Balaban J connectivity index is 2.11. The smallest absolute Gasteiger partial charge is 0.338 e. The summed E-state index contributed by atoms with van der Waals surface area (Å²) in [6.45, 7) is 0. The van der Waals surface area contributed by atoms with E-state index >= 15 is 0 Å². The monoisotopic (exact) mass is 274 g/mol. The Morgan fingerprint density at radius 1 is 1.16 bits per heavy atom. The maximum absolute atomic E-state index is 11.6. The van der Waals surface area contributed by atoms with Crippen molar-refractivity contribution >= 4 is 17.7 Å². The number of thioether (sulfide) groups is 1. The predicted molar refractivity (Wildman–Crippen MR) is 75.4 cm³/mol. The van der Waals surface area contributed by atoms with Gasteiger partial charge in [-0.05, 0) is 35.9 Å². The largest absolute Gasteiger partial charge is 0.508 e. The molecule has 0 aliphatic rings. The third-order valence-electron chi connectivity index (χ3n) is 2.65. The van der Waals surface area contributed by atoms with Crippen LogP contribution in [0, 0.1) is 0 Å². The van der Waals surface area contributed by atoms with E-state index in [1.54, 1.807) is 30.0 Å². The Labute approximate surface area is 116 Å². The molecular weight excluding hydrogens is 260 g/mol. The highest BCUT2D eigenvalue weighted by Crippen LogP contribution is 2.26. The summed E-state index contributed by atoms with van der Waals surface area (Å²) in [7, 11) is 1.38. The van der Waals surface area contributed by atoms with Gasteiger partial charge < -0.3 is 9.84 Å². The molecule has 2 rings (SSSR count). The highest BCUT2D eigenvalue weighted by atomic mass is 32.2. The lowest BCUT2D eigenvalue weighted by Crippen LogP contribution is -2.04. The molecule has 4 heteroatoms. The SMILES string of the molecule is COC(=O)c1ccccc1CSc1ccc(O)cc1. The number of esters is 1. The van der Waals surface area contributed by atoms with Crippen LogP contribution < -0.4 is 0 Å².